The second-order valence-electron chi connectivity index (χ2n) is 9.58. The SMILES string of the molecule is C[C@]12CCC(=O)C=C1CC[C@H]1[C@@H]3CC[C@](O)(C(=O)CCl)[C@@]3(C)C[C@H](O)C12F. The topological polar surface area (TPSA) is 74.6 Å². The van der Waals surface area contributed by atoms with Gasteiger partial charge in [0.05, 0.1) is 12.0 Å². The largest absolute Gasteiger partial charge is 0.390 e. The van der Waals surface area contributed by atoms with Gasteiger partial charge in [-0.15, -0.1) is 11.6 Å². The van der Waals surface area contributed by atoms with E-state index in [0.29, 0.717) is 32.1 Å². The number of aliphatic hydroxyl groups excluding tert-OH is 1. The quantitative estimate of drug-likeness (QED) is 0.701. The van der Waals surface area contributed by atoms with Crippen LogP contribution in [0.15, 0.2) is 11.6 Å². The molecule has 4 rings (SSSR count). The molecule has 0 aliphatic heterocycles. The number of rotatable bonds is 2. The number of aliphatic hydroxyl groups is 2. The average Bonchev–Trinajstić information content (AvgIpc) is 2.88. The van der Waals surface area contributed by atoms with Crippen molar-refractivity contribution in [2.45, 2.75) is 76.2 Å². The molecule has 7 atom stereocenters. The van der Waals surface area contributed by atoms with Gasteiger partial charge in [0, 0.05) is 23.2 Å². The summed E-state index contributed by atoms with van der Waals surface area (Å²) in [5.74, 6) is -1.33. The van der Waals surface area contributed by atoms with Crippen LogP contribution in [0.4, 0.5) is 4.39 Å². The molecule has 3 fully saturated rings. The van der Waals surface area contributed by atoms with Crippen LogP contribution >= 0.6 is 11.6 Å². The highest BCUT2D eigenvalue weighted by Crippen LogP contribution is 2.70. The number of ketones is 2. The lowest BCUT2D eigenvalue weighted by Gasteiger charge is -2.63. The van der Waals surface area contributed by atoms with E-state index in [9.17, 15) is 19.8 Å². The fourth-order valence-corrected chi connectivity index (χ4v) is 7.36. The molecule has 0 aromatic carbocycles. The maximum Gasteiger partial charge on any atom is 0.179 e. The third-order valence-corrected chi connectivity index (χ3v) is 9.02. The van der Waals surface area contributed by atoms with Crippen LogP contribution in [0.25, 0.3) is 0 Å². The number of alkyl halides is 2. The molecule has 4 aliphatic carbocycles. The number of carbonyl (C=O) groups excluding carboxylic acids is 2. The number of carbonyl (C=O) groups is 2. The van der Waals surface area contributed by atoms with Gasteiger partial charge in [-0.2, -0.15) is 0 Å². The van der Waals surface area contributed by atoms with Crippen molar-refractivity contribution in [2.24, 2.45) is 22.7 Å². The Morgan fingerprint density at radius 2 is 1.96 bits per heavy atom. The summed E-state index contributed by atoms with van der Waals surface area (Å²) in [6, 6.07) is 0. The van der Waals surface area contributed by atoms with E-state index in [0.717, 1.165) is 5.57 Å². The fraction of sp³-hybridized carbons (Fsp3) is 0.810. The van der Waals surface area contributed by atoms with Crippen molar-refractivity contribution in [3.8, 4) is 0 Å². The van der Waals surface area contributed by atoms with Crippen molar-refractivity contribution in [2.75, 3.05) is 5.88 Å². The van der Waals surface area contributed by atoms with Crippen LogP contribution < -0.4 is 0 Å². The summed E-state index contributed by atoms with van der Waals surface area (Å²) in [6.45, 7) is 3.66. The summed E-state index contributed by atoms with van der Waals surface area (Å²) in [4.78, 5) is 24.4. The Kier molecular flexibility index (Phi) is 4.24. The minimum absolute atomic E-state index is 0.0284. The Bertz CT molecular complexity index is 738. The summed E-state index contributed by atoms with van der Waals surface area (Å²) >= 11 is 5.76. The molecule has 0 heterocycles. The molecular formula is C21H28ClFO4. The molecule has 0 radical (unpaired) electrons. The molecule has 4 nitrogen and oxygen atoms in total. The fourth-order valence-electron chi connectivity index (χ4n) is 7.14. The Morgan fingerprint density at radius 1 is 1.26 bits per heavy atom. The molecule has 0 saturated heterocycles. The summed E-state index contributed by atoms with van der Waals surface area (Å²) in [7, 11) is 0. The van der Waals surface area contributed by atoms with Gasteiger partial charge in [0.25, 0.3) is 0 Å². The van der Waals surface area contributed by atoms with Gasteiger partial charge >= 0.3 is 0 Å². The predicted molar refractivity (Wildman–Crippen MR) is 99.1 cm³/mol. The van der Waals surface area contributed by atoms with E-state index in [1.807, 2.05) is 13.8 Å². The zero-order valence-electron chi connectivity index (χ0n) is 15.9. The highest BCUT2D eigenvalue weighted by molar-refractivity contribution is 6.29. The second kappa shape index (κ2) is 5.87. The average molecular weight is 399 g/mol. The van der Waals surface area contributed by atoms with Crippen molar-refractivity contribution in [3.05, 3.63) is 11.6 Å². The Labute approximate surface area is 164 Å². The third kappa shape index (κ3) is 2.17. The number of halogens is 2. The molecule has 6 heteroatoms. The zero-order chi connectivity index (χ0) is 19.8. The molecule has 0 spiro atoms. The lowest BCUT2D eigenvalue weighted by Crippen LogP contribution is -2.69. The van der Waals surface area contributed by atoms with E-state index >= 15 is 4.39 Å². The summed E-state index contributed by atoms with van der Waals surface area (Å²) in [5, 5.41) is 22.3. The van der Waals surface area contributed by atoms with E-state index in [-0.39, 0.29) is 30.4 Å². The Balaban J connectivity index is 1.80. The van der Waals surface area contributed by atoms with Gasteiger partial charge in [0.1, 0.15) is 11.3 Å². The van der Waals surface area contributed by atoms with Gasteiger partial charge in [0.15, 0.2) is 11.6 Å². The first-order valence-corrected chi connectivity index (χ1v) is 10.5. The Hall–Kier alpha value is -0.780. The van der Waals surface area contributed by atoms with Crippen LogP contribution in [0.5, 0.6) is 0 Å². The van der Waals surface area contributed by atoms with Gasteiger partial charge in [-0.3, -0.25) is 9.59 Å². The predicted octanol–water partition coefficient (Wildman–Crippen LogP) is 3.12. The van der Waals surface area contributed by atoms with Crippen LogP contribution in [0.1, 0.15) is 58.8 Å². The summed E-state index contributed by atoms with van der Waals surface area (Å²) in [5.41, 5.74) is -4.41. The van der Waals surface area contributed by atoms with Crippen molar-refractivity contribution < 1.29 is 24.2 Å². The molecule has 3 saturated carbocycles. The standard InChI is InChI=1S/C21H28ClFO4/c1-18-7-5-13(24)9-12(18)3-4-15-14-6-8-20(27,17(26)11-22)19(14,2)10-16(25)21(15,18)23/h9,14-16,25,27H,3-8,10-11H2,1-2H3/t14-,15-,16-,18-,19-,20-,21?/m0/s1. The first-order chi connectivity index (χ1) is 12.5. The van der Waals surface area contributed by atoms with Crippen LogP contribution in [-0.2, 0) is 9.59 Å². The van der Waals surface area contributed by atoms with Gasteiger partial charge in [-0.1, -0.05) is 19.4 Å². The van der Waals surface area contributed by atoms with Crippen molar-refractivity contribution >= 4 is 23.2 Å². The van der Waals surface area contributed by atoms with Crippen molar-refractivity contribution in [3.63, 3.8) is 0 Å². The lowest BCUT2D eigenvalue weighted by atomic mass is 9.44. The molecule has 0 aromatic heterocycles. The smallest absolute Gasteiger partial charge is 0.179 e. The molecule has 0 bridgehead atoms. The second-order valence-corrected chi connectivity index (χ2v) is 9.85. The molecule has 4 aliphatic rings. The Morgan fingerprint density at radius 3 is 2.63 bits per heavy atom. The van der Waals surface area contributed by atoms with Crippen LogP contribution in [0.2, 0.25) is 0 Å². The maximum absolute atomic E-state index is 16.8. The van der Waals surface area contributed by atoms with E-state index in [1.165, 1.54) is 0 Å². The van der Waals surface area contributed by atoms with Crippen LogP contribution in [-0.4, -0.2) is 45.0 Å². The summed E-state index contributed by atoms with van der Waals surface area (Å²) < 4.78 is 16.8. The molecule has 2 N–H and O–H groups in total. The minimum Gasteiger partial charge on any atom is -0.390 e. The van der Waals surface area contributed by atoms with Crippen LogP contribution in [0.3, 0.4) is 0 Å². The highest BCUT2D eigenvalue weighted by atomic mass is 35.5. The number of fused-ring (bicyclic) bond motifs is 5. The first-order valence-electron chi connectivity index (χ1n) is 9.97. The number of allylic oxidation sites excluding steroid dienone is 1. The van der Waals surface area contributed by atoms with E-state index < -0.39 is 39.9 Å². The minimum atomic E-state index is -1.85. The van der Waals surface area contributed by atoms with Crippen molar-refractivity contribution in [1.29, 1.82) is 0 Å². The maximum atomic E-state index is 16.8. The number of hydrogen-bond acceptors (Lipinski definition) is 4. The van der Waals surface area contributed by atoms with Gasteiger partial charge in [-0.25, -0.2) is 4.39 Å². The molecule has 27 heavy (non-hydrogen) atoms. The number of hydrogen-bond donors (Lipinski definition) is 2. The first kappa shape index (κ1) is 19.5. The number of Topliss-reactive ketones (excluding diaryl/α,β-unsaturated/α-hetero) is 1. The molecule has 1 unspecified atom stereocenters. The van der Waals surface area contributed by atoms with Gasteiger partial charge in [-0.05, 0) is 50.5 Å². The van der Waals surface area contributed by atoms with Crippen molar-refractivity contribution in [1.82, 2.24) is 0 Å². The normalized spacial score (nSPS) is 51.9. The molecular weight excluding hydrogens is 371 g/mol. The zero-order valence-corrected chi connectivity index (χ0v) is 16.7. The summed E-state index contributed by atoms with van der Waals surface area (Å²) in [6.07, 6.45) is 2.97. The van der Waals surface area contributed by atoms with E-state index in [4.69, 9.17) is 11.6 Å². The lowest BCUT2D eigenvalue weighted by molar-refractivity contribution is -0.225. The van der Waals surface area contributed by atoms with Crippen LogP contribution in [0, 0.1) is 22.7 Å². The van der Waals surface area contributed by atoms with Gasteiger partial charge < -0.3 is 10.2 Å². The van der Waals surface area contributed by atoms with E-state index in [1.54, 1.807) is 6.08 Å². The van der Waals surface area contributed by atoms with E-state index in [2.05, 4.69) is 0 Å². The molecule has 150 valence electrons. The highest BCUT2D eigenvalue weighted by Gasteiger charge is 2.74. The molecule has 0 amide bonds. The molecule has 0 aromatic rings. The third-order valence-electron chi connectivity index (χ3n) is 8.78. The van der Waals surface area contributed by atoms with Gasteiger partial charge in [0.2, 0.25) is 0 Å². The monoisotopic (exact) mass is 398 g/mol.